The van der Waals surface area contributed by atoms with Crippen LogP contribution in [0, 0.1) is 20.2 Å². The first-order valence-electron chi connectivity index (χ1n) is 9.55. The number of benzene rings is 1. The Labute approximate surface area is 181 Å². The van der Waals surface area contributed by atoms with Gasteiger partial charge in [-0.3, -0.25) is 20.2 Å². The quantitative estimate of drug-likeness (QED) is 0.353. The first kappa shape index (κ1) is 22.3. The highest BCUT2D eigenvalue weighted by Crippen LogP contribution is 2.44. The molecule has 13 heteroatoms. The molecule has 0 radical (unpaired) electrons. The van der Waals surface area contributed by atoms with Crippen LogP contribution in [0.25, 0.3) is 0 Å². The number of non-ortho nitro benzene ring substituents is 1. The standard InChI is InChI=1S/C18H22N2O10S/c1-17(2)25-8-11(27-17)13-14(15-16(26-13)29-18(3,4)28-15)30-31-12-6-5-9(19(21)22)7-10(12)20(23)24/h5-7,11,13-16H,8H2,1-4H3/t11-,13-,14+,15-,16-/m1/s1. The Kier molecular flexibility index (Phi) is 5.70. The molecular weight excluding hydrogens is 436 g/mol. The molecule has 0 bridgehead atoms. The summed E-state index contributed by atoms with van der Waals surface area (Å²) in [5.74, 6) is -1.68. The minimum Gasteiger partial charge on any atom is -0.348 e. The van der Waals surface area contributed by atoms with E-state index in [2.05, 4.69) is 0 Å². The lowest BCUT2D eigenvalue weighted by molar-refractivity contribution is -0.396. The zero-order valence-electron chi connectivity index (χ0n) is 17.2. The lowest BCUT2D eigenvalue weighted by Crippen LogP contribution is -2.43. The zero-order valence-corrected chi connectivity index (χ0v) is 18.0. The smallest absolute Gasteiger partial charge is 0.292 e. The average Bonchev–Trinajstić information content (AvgIpc) is 3.28. The molecule has 0 N–H and O–H groups in total. The first-order chi connectivity index (χ1) is 14.5. The number of hydrogen-bond donors (Lipinski definition) is 0. The first-order valence-corrected chi connectivity index (χ1v) is 10.3. The van der Waals surface area contributed by atoms with Gasteiger partial charge in [-0.25, -0.2) is 0 Å². The molecule has 3 saturated heterocycles. The number of nitro benzene ring substituents is 2. The molecule has 5 atom stereocenters. The van der Waals surface area contributed by atoms with Gasteiger partial charge in [0.05, 0.1) is 22.5 Å². The van der Waals surface area contributed by atoms with Gasteiger partial charge in [-0.15, -0.1) is 0 Å². The molecule has 0 spiro atoms. The third-order valence-corrected chi connectivity index (χ3v) is 5.87. The Hall–Kier alpha value is -1.87. The molecular formula is C18H22N2O10S. The van der Waals surface area contributed by atoms with Crippen molar-refractivity contribution >= 4 is 23.4 Å². The summed E-state index contributed by atoms with van der Waals surface area (Å²) in [6.07, 6.45) is -3.08. The van der Waals surface area contributed by atoms with E-state index in [0.29, 0.717) is 0 Å². The number of nitro groups is 2. The third kappa shape index (κ3) is 4.53. The molecule has 1 aromatic carbocycles. The SMILES string of the molecule is CC1(C)O[C@H]2O[C@H]([C@H]3COC(C)(C)O3)[C@H](OSc3ccc([N+](=O)[O-])cc3[N+](=O)[O-])[C@H]2O1. The fraction of sp³-hybridized carbons (Fsp3) is 0.667. The van der Waals surface area contributed by atoms with Crippen molar-refractivity contribution in [1.29, 1.82) is 0 Å². The molecule has 0 saturated carbocycles. The van der Waals surface area contributed by atoms with Gasteiger partial charge in [-0.2, -0.15) is 0 Å². The van der Waals surface area contributed by atoms with Crippen LogP contribution >= 0.6 is 12.0 Å². The molecule has 170 valence electrons. The Bertz CT molecular complexity index is 894. The van der Waals surface area contributed by atoms with E-state index in [1.54, 1.807) is 27.7 Å². The van der Waals surface area contributed by atoms with E-state index in [9.17, 15) is 20.2 Å². The maximum absolute atomic E-state index is 11.4. The predicted molar refractivity (Wildman–Crippen MR) is 104 cm³/mol. The molecule has 1 aromatic rings. The van der Waals surface area contributed by atoms with Gasteiger partial charge in [0, 0.05) is 18.1 Å². The second-order valence-corrected chi connectivity index (χ2v) is 9.05. The van der Waals surface area contributed by atoms with Gasteiger partial charge in [-0.05, 0) is 33.8 Å². The van der Waals surface area contributed by atoms with E-state index < -0.39 is 57.8 Å². The molecule has 3 aliphatic heterocycles. The van der Waals surface area contributed by atoms with Crippen molar-refractivity contribution in [3.8, 4) is 0 Å². The van der Waals surface area contributed by atoms with Crippen molar-refractivity contribution in [2.45, 2.75) is 74.9 Å². The van der Waals surface area contributed by atoms with Gasteiger partial charge in [0.2, 0.25) is 0 Å². The van der Waals surface area contributed by atoms with Crippen LogP contribution in [0.5, 0.6) is 0 Å². The van der Waals surface area contributed by atoms with Crippen molar-refractivity contribution in [3.63, 3.8) is 0 Å². The highest BCUT2D eigenvalue weighted by molar-refractivity contribution is 7.94. The van der Waals surface area contributed by atoms with Crippen molar-refractivity contribution in [2.75, 3.05) is 6.61 Å². The van der Waals surface area contributed by atoms with Crippen LogP contribution in [0.3, 0.4) is 0 Å². The van der Waals surface area contributed by atoms with Crippen LogP contribution in [-0.2, 0) is 27.9 Å². The van der Waals surface area contributed by atoms with Crippen molar-refractivity contribution in [3.05, 3.63) is 38.4 Å². The maximum Gasteiger partial charge on any atom is 0.292 e. The Balaban J connectivity index is 1.55. The minimum atomic E-state index is -0.891. The maximum atomic E-state index is 11.4. The molecule has 0 aliphatic carbocycles. The van der Waals surface area contributed by atoms with E-state index in [1.165, 1.54) is 12.1 Å². The summed E-state index contributed by atoms with van der Waals surface area (Å²) < 4.78 is 35.2. The zero-order chi connectivity index (χ0) is 22.6. The molecule has 3 fully saturated rings. The number of rotatable bonds is 6. The van der Waals surface area contributed by atoms with Crippen LogP contribution in [0.15, 0.2) is 23.1 Å². The van der Waals surface area contributed by atoms with Gasteiger partial charge < -0.3 is 27.9 Å². The topological polar surface area (TPSA) is 142 Å². The van der Waals surface area contributed by atoms with Crippen LogP contribution in [0.4, 0.5) is 11.4 Å². The average molecular weight is 458 g/mol. The molecule has 0 unspecified atom stereocenters. The molecule has 0 amide bonds. The van der Waals surface area contributed by atoms with Crippen molar-refractivity contribution in [1.82, 2.24) is 0 Å². The summed E-state index contributed by atoms with van der Waals surface area (Å²) in [6.45, 7) is 7.32. The summed E-state index contributed by atoms with van der Waals surface area (Å²) in [5.41, 5.74) is -0.817. The van der Waals surface area contributed by atoms with Crippen LogP contribution in [0.2, 0.25) is 0 Å². The highest BCUT2D eigenvalue weighted by Gasteiger charge is 2.59. The summed E-state index contributed by atoms with van der Waals surface area (Å²) in [5, 5.41) is 22.4. The van der Waals surface area contributed by atoms with Gasteiger partial charge in [0.1, 0.15) is 29.3 Å². The minimum absolute atomic E-state index is 0.111. The van der Waals surface area contributed by atoms with Crippen LogP contribution in [-0.4, -0.2) is 58.7 Å². The summed E-state index contributed by atoms with van der Waals surface area (Å²) in [6, 6.07) is 3.35. The highest BCUT2D eigenvalue weighted by atomic mass is 32.2. The fourth-order valence-corrected chi connectivity index (χ4v) is 4.51. The molecule has 3 heterocycles. The molecule has 3 aliphatic rings. The van der Waals surface area contributed by atoms with Crippen molar-refractivity contribution < 1.29 is 37.7 Å². The second-order valence-electron chi connectivity index (χ2n) is 8.25. The molecule has 0 aromatic heterocycles. The van der Waals surface area contributed by atoms with E-state index in [-0.39, 0.29) is 17.2 Å². The lowest BCUT2D eigenvalue weighted by atomic mass is 10.1. The Morgan fingerprint density at radius 1 is 1.03 bits per heavy atom. The van der Waals surface area contributed by atoms with Gasteiger partial charge in [0.25, 0.3) is 11.4 Å². The van der Waals surface area contributed by atoms with E-state index in [1.807, 2.05) is 0 Å². The second kappa shape index (κ2) is 7.92. The summed E-state index contributed by atoms with van der Waals surface area (Å²) in [4.78, 5) is 21.1. The number of ether oxygens (including phenoxy) is 5. The lowest BCUT2D eigenvalue weighted by Gasteiger charge is -2.28. The van der Waals surface area contributed by atoms with Gasteiger partial charge >= 0.3 is 0 Å². The van der Waals surface area contributed by atoms with E-state index >= 15 is 0 Å². The number of nitrogens with zero attached hydrogens (tertiary/aromatic N) is 2. The third-order valence-electron chi connectivity index (χ3n) is 5.02. The number of fused-ring (bicyclic) bond motifs is 1. The molecule has 4 rings (SSSR count). The van der Waals surface area contributed by atoms with E-state index in [0.717, 1.165) is 18.1 Å². The number of hydrogen-bond acceptors (Lipinski definition) is 11. The monoisotopic (exact) mass is 458 g/mol. The Morgan fingerprint density at radius 2 is 1.77 bits per heavy atom. The molecule has 31 heavy (non-hydrogen) atoms. The summed E-state index contributed by atoms with van der Waals surface area (Å²) in [7, 11) is 0. The van der Waals surface area contributed by atoms with Gasteiger partial charge in [0.15, 0.2) is 17.9 Å². The Morgan fingerprint density at radius 3 is 2.39 bits per heavy atom. The summed E-state index contributed by atoms with van der Waals surface area (Å²) >= 11 is 0.728. The van der Waals surface area contributed by atoms with Crippen LogP contribution in [0.1, 0.15) is 27.7 Å². The van der Waals surface area contributed by atoms with Gasteiger partial charge in [-0.1, -0.05) is 0 Å². The molecule has 12 nitrogen and oxygen atoms in total. The predicted octanol–water partition coefficient (Wildman–Crippen LogP) is 2.92. The fourth-order valence-electron chi connectivity index (χ4n) is 3.73. The van der Waals surface area contributed by atoms with Crippen molar-refractivity contribution in [2.24, 2.45) is 0 Å². The van der Waals surface area contributed by atoms with Crippen LogP contribution < -0.4 is 0 Å². The largest absolute Gasteiger partial charge is 0.348 e. The van der Waals surface area contributed by atoms with E-state index in [4.69, 9.17) is 27.9 Å². The normalized spacial score (nSPS) is 33.4.